The van der Waals surface area contributed by atoms with Crippen molar-refractivity contribution in [1.29, 1.82) is 0 Å². The second kappa shape index (κ2) is 7.04. The van der Waals surface area contributed by atoms with Crippen LogP contribution in [-0.2, 0) is 12.7 Å². The van der Waals surface area contributed by atoms with Crippen molar-refractivity contribution in [3.63, 3.8) is 0 Å². The molecule has 6 nitrogen and oxygen atoms in total. The standard InChI is InChI=1S/C19H12F4N4O2/c20-12-5-3-11(4-6-12)14-8-16(19(21,22)23)27-17(25-14)9-15(26-27)18(28)24-10-13-2-1-7-29-13/h1-9H,10H2,(H,24,28). The van der Waals surface area contributed by atoms with E-state index in [1.54, 1.807) is 12.1 Å². The van der Waals surface area contributed by atoms with E-state index in [-0.39, 0.29) is 23.6 Å². The molecule has 4 aromatic rings. The fourth-order valence-corrected chi connectivity index (χ4v) is 2.73. The molecule has 0 spiro atoms. The van der Waals surface area contributed by atoms with Crippen LogP contribution in [0.5, 0.6) is 0 Å². The summed E-state index contributed by atoms with van der Waals surface area (Å²) in [6.45, 7) is 0.0556. The number of hydrogen-bond acceptors (Lipinski definition) is 4. The summed E-state index contributed by atoms with van der Waals surface area (Å²) in [5.74, 6) is -0.719. The van der Waals surface area contributed by atoms with Gasteiger partial charge < -0.3 is 9.73 Å². The predicted molar refractivity (Wildman–Crippen MR) is 93.3 cm³/mol. The van der Waals surface area contributed by atoms with Gasteiger partial charge in [-0.15, -0.1) is 0 Å². The zero-order chi connectivity index (χ0) is 20.6. The molecule has 0 bridgehead atoms. The van der Waals surface area contributed by atoms with Crippen molar-refractivity contribution in [2.24, 2.45) is 0 Å². The number of rotatable bonds is 4. The molecule has 0 aliphatic carbocycles. The summed E-state index contributed by atoms with van der Waals surface area (Å²) < 4.78 is 59.5. The summed E-state index contributed by atoms with van der Waals surface area (Å²) in [5.41, 5.74) is -1.23. The van der Waals surface area contributed by atoms with Gasteiger partial charge in [-0.3, -0.25) is 4.79 Å². The van der Waals surface area contributed by atoms with Crippen molar-refractivity contribution < 1.29 is 26.8 Å². The molecule has 1 aromatic carbocycles. The minimum Gasteiger partial charge on any atom is -0.467 e. The Labute approximate surface area is 160 Å². The van der Waals surface area contributed by atoms with Crippen LogP contribution >= 0.6 is 0 Å². The summed E-state index contributed by atoms with van der Waals surface area (Å²) in [7, 11) is 0. The maximum absolute atomic E-state index is 13.6. The Hall–Kier alpha value is -3.69. The molecule has 29 heavy (non-hydrogen) atoms. The van der Waals surface area contributed by atoms with Gasteiger partial charge in [-0.1, -0.05) is 0 Å². The number of benzene rings is 1. The zero-order valence-electron chi connectivity index (χ0n) is 14.6. The molecule has 0 aliphatic rings. The number of furan rings is 1. The highest BCUT2D eigenvalue weighted by molar-refractivity contribution is 5.93. The summed E-state index contributed by atoms with van der Waals surface area (Å²) in [6, 6.07) is 10.1. The van der Waals surface area contributed by atoms with Crippen LogP contribution in [-0.4, -0.2) is 20.5 Å². The Balaban J connectivity index is 1.73. The lowest BCUT2D eigenvalue weighted by molar-refractivity contribution is -0.142. The molecular weight excluding hydrogens is 392 g/mol. The van der Waals surface area contributed by atoms with E-state index in [0.29, 0.717) is 15.8 Å². The number of aromatic nitrogens is 3. The van der Waals surface area contributed by atoms with Crippen molar-refractivity contribution in [2.45, 2.75) is 12.7 Å². The maximum atomic E-state index is 13.6. The first kappa shape index (κ1) is 18.7. The number of carbonyl (C=O) groups excluding carboxylic acids is 1. The van der Waals surface area contributed by atoms with Crippen LogP contribution in [0.25, 0.3) is 16.9 Å². The fourth-order valence-electron chi connectivity index (χ4n) is 2.73. The van der Waals surface area contributed by atoms with Gasteiger partial charge in [0.05, 0.1) is 18.5 Å². The molecule has 4 rings (SSSR count). The van der Waals surface area contributed by atoms with E-state index in [1.165, 1.54) is 18.4 Å². The van der Waals surface area contributed by atoms with Gasteiger partial charge in [0.1, 0.15) is 11.6 Å². The van der Waals surface area contributed by atoms with Crippen LogP contribution < -0.4 is 5.32 Å². The van der Waals surface area contributed by atoms with Gasteiger partial charge in [-0.25, -0.2) is 13.9 Å². The summed E-state index contributed by atoms with van der Waals surface area (Å²) in [4.78, 5) is 16.4. The summed E-state index contributed by atoms with van der Waals surface area (Å²) in [6.07, 6.45) is -3.31. The van der Waals surface area contributed by atoms with Crippen molar-refractivity contribution in [3.8, 4) is 11.3 Å². The number of carbonyl (C=O) groups is 1. The second-order valence-electron chi connectivity index (χ2n) is 6.09. The van der Waals surface area contributed by atoms with E-state index >= 15 is 0 Å². The molecule has 148 valence electrons. The van der Waals surface area contributed by atoms with Gasteiger partial charge in [-0.2, -0.15) is 18.3 Å². The average molecular weight is 404 g/mol. The normalized spacial score (nSPS) is 11.7. The highest BCUT2D eigenvalue weighted by Gasteiger charge is 2.35. The minimum absolute atomic E-state index is 0.0210. The Kier molecular flexibility index (Phi) is 4.53. The van der Waals surface area contributed by atoms with E-state index in [9.17, 15) is 22.4 Å². The van der Waals surface area contributed by atoms with Crippen LogP contribution in [0.3, 0.4) is 0 Å². The maximum Gasteiger partial charge on any atom is 0.433 e. The molecule has 0 atom stereocenters. The first-order valence-electron chi connectivity index (χ1n) is 8.36. The Morgan fingerprint density at radius 3 is 2.55 bits per heavy atom. The Morgan fingerprint density at radius 1 is 1.14 bits per heavy atom. The van der Waals surface area contributed by atoms with Gasteiger partial charge in [-0.05, 0) is 42.5 Å². The topological polar surface area (TPSA) is 72.4 Å². The SMILES string of the molecule is O=C(NCc1ccco1)c1cc2nc(-c3ccc(F)cc3)cc(C(F)(F)F)n2n1. The first-order chi connectivity index (χ1) is 13.8. The third-order valence-corrected chi connectivity index (χ3v) is 4.09. The number of fused-ring (bicyclic) bond motifs is 1. The molecule has 1 amide bonds. The minimum atomic E-state index is -4.75. The zero-order valence-corrected chi connectivity index (χ0v) is 14.6. The van der Waals surface area contributed by atoms with E-state index in [2.05, 4.69) is 15.4 Å². The number of amides is 1. The Bertz CT molecular complexity index is 1170. The van der Waals surface area contributed by atoms with E-state index in [0.717, 1.165) is 24.3 Å². The van der Waals surface area contributed by atoms with E-state index in [4.69, 9.17) is 4.42 Å². The molecule has 1 N–H and O–H groups in total. The number of halogens is 4. The summed E-state index contributed by atoms with van der Waals surface area (Å²) in [5, 5.41) is 6.27. The lowest BCUT2D eigenvalue weighted by Gasteiger charge is -2.11. The van der Waals surface area contributed by atoms with E-state index < -0.39 is 23.6 Å². The molecule has 0 unspecified atom stereocenters. The van der Waals surface area contributed by atoms with Gasteiger partial charge in [0.25, 0.3) is 5.91 Å². The van der Waals surface area contributed by atoms with Crippen molar-refractivity contribution in [1.82, 2.24) is 19.9 Å². The third-order valence-electron chi connectivity index (χ3n) is 4.09. The molecule has 0 saturated heterocycles. The van der Waals surface area contributed by atoms with Gasteiger partial charge in [0.2, 0.25) is 0 Å². The highest BCUT2D eigenvalue weighted by Crippen LogP contribution is 2.32. The van der Waals surface area contributed by atoms with Crippen LogP contribution in [0, 0.1) is 5.82 Å². The quantitative estimate of drug-likeness (QED) is 0.521. The lowest BCUT2D eigenvalue weighted by Crippen LogP contribution is -2.23. The molecule has 0 fully saturated rings. The highest BCUT2D eigenvalue weighted by atomic mass is 19.4. The smallest absolute Gasteiger partial charge is 0.433 e. The van der Waals surface area contributed by atoms with Gasteiger partial charge >= 0.3 is 6.18 Å². The second-order valence-corrected chi connectivity index (χ2v) is 6.09. The molecule has 3 heterocycles. The molecule has 0 saturated carbocycles. The molecule has 10 heteroatoms. The van der Waals surface area contributed by atoms with E-state index in [1.807, 2.05) is 0 Å². The first-order valence-corrected chi connectivity index (χ1v) is 8.36. The van der Waals surface area contributed by atoms with Gasteiger partial charge in [0.15, 0.2) is 17.0 Å². The third kappa shape index (κ3) is 3.82. The molecule has 3 aromatic heterocycles. The monoisotopic (exact) mass is 404 g/mol. The van der Waals surface area contributed by atoms with Gasteiger partial charge in [0, 0.05) is 11.6 Å². The van der Waals surface area contributed by atoms with Crippen LogP contribution in [0.4, 0.5) is 17.6 Å². The molecule has 0 aliphatic heterocycles. The van der Waals surface area contributed by atoms with Crippen LogP contribution in [0.1, 0.15) is 21.9 Å². The van der Waals surface area contributed by atoms with Crippen molar-refractivity contribution in [2.75, 3.05) is 0 Å². The van der Waals surface area contributed by atoms with Crippen LogP contribution in [0.15, 0.2) is 59.2 Å². The predicted octanol–water partition coefficient (Wildman–Crippen LogP) is 4.08. The number of nitrogens with zero attached hydrogens (tertiary/aromatic N) is 3. The average Bonchev–Trinajstić information content (AvgIpc) is 3.34. The van der Waals surface area contributed by atoms with Crippen molar-refractivity contribution >= 4 is 11.6 Å². The largest absolute Gasteiger partial charge is 0.467 e. The van der Waals surface area contributed by atoms with Crippen molar-refractivity contribution in [3.05, 3.63) is 77.8 Å². The fraction of sp³-hybridized carbons (Fsp3) is 0.105. The van der Waals surface area contributed by atoms with Crippen LogP contribution in [0.2, 0.25) is 0 Å². The Morgan fingerprint density at radius 2 is 1.90 bits per heavy atom. The summed E-state index contributed by atoms with van der Waals surface area (Å²) >= 11 is 0. The number of hydrogen-bond donors (Lipinski definition) is 1. The molecular formula is C19H12F4N4O2. The number of alkyl halides is 3. The number of nitrogens with one attached hydrogen (secondary N) is 1. The lowest BCUT2D eigenvalue weighted by atomic mass is 10.1. The molecule has 0 radical (unpaired) electrons.